The van der Waals surface area contributed by atoms with Gasteiger partial charge >= 0.3 is 0 Å². The van der Waals surface area contributed by atoms with Gasteiger partial charge in [-0.15, -0.1) is 0 Å². The maximum Gasteiger partial charge on any atom is 0.181 e. The Kier molecular flexibility index (Phi) is 4.78. The Hall–Kier alpha value is -1.39. The van der Waals surface area contributed by atoms with Crippen molar-refractivity contribution in [1.82, 2.24) is 0 Å². The average Bonchev–Trinajstić information content (AvgIpc) is 2.41. The highest BCUT2D eigenvalue weighted by Gasteiger charge is 2.11. The van der Waals surface area contributed by atoms with E-state index < -0.39 is 9.84 Å². The fraction of sp³-hybridized carbons (Fsp3) is 0.125. The maximum atomic E-state index is 12.1. The van der Waals surface area contributed by atoms with Crippen LogP contribution in [0.2, 0.25) is 0 Å². The highest BCUT2D eigenvalue weighted by molar-refractivity contribution is 9.10. The molecule has 20 heavy (non-hydrogen) atoms. The monoisotopic (exact) mass is 350 g/mol. The Labute approximate surface area is 128 Å². The first-order valence-electron chi connectivity index (χ1n) is 6.19. The second-order valence-electron chi connectivity index (χ2n) is 4.55. The van der Waals surface area contributed by atoms with Gasteiger partial charge in [0.1, 0.15) is 0 Å². The zero-order valence-electron chi connectivity index (χ0n) is 11.1. The predicted molar refractivity (Wildman–Crippen MR) is 86.4 cm³/mol. The van der Waals surface area contributed by atoms with E-state index in [0.29, 0.717) is 4.90 Å². The quantitative estimate of drug-likeness (QED) is 0.826. The van der Waals surface area contributed by atoms with Crippen LogP contribution in [0.5, 0.6) is 0 Å². The molecule has 0 N–H and O–H groups in total. The van der Waals surface area contributed by atoms with Crippen LogP contribution in [0.15, 0.2) is 64.0 Å². The van der Waals surface area contributed by atoms with Gasteiger partial charge in [-0.2, -0.15) is 0 Å². The average molecular weight is 351 g/mol. The van der Waals surface area contributed by atoms with E-state index in [1.807, 2.05) is 49.4 Å². The summed E-state index contributed by atoms with van der Waals surface area (Å²) in [6, 6.07) is 14.6. The zero-order valence-corrected chi connectivity index (χ0v) is 13.5. The molecule has 0 saturated carbocycles. The van der Waals surface area contributed by atoms with Crippen molar-refractivity contribution in [1.29, 1.82) is 0 Å². The molecule has 0 amide bonds. The van der Waals surface area contributed by atoms with Crippen LogP contribution >= 0.6 is 15.9 Å². The fourth-order valence-corrected chi connectivity index (χ4v) is 3.08. The Morgan fingerprint density at radius 1 is 1.00 bits per heavy atom. The van der Waals surface area contributed by atoms with E-state index in [9.17, 15) is 8.42 Å². The number of rotatable bonds is 4. The molecule has 4 heteroatoms. The molecule has 0 aliphatic rings. The number of benzene rings is 2. The Morgan fingerprint density at radius 2 is 1.60 bits per heavy atom. The van der Waals surface area contributed by atoms with Crippen LogP contribution in [-0.2, 0) is 9.84 Å². The standard InChI is InChI=1S/C16H15BrO2S/c1-13-4-10-16(11-5-13)20(18,19)12-2-3-14-6-8-15(17)9-7-14/h2-11H,12H2,1H3/b3-2+. The highest BCUT2D eigenvalue weighted by atomic mass is 79.9. The summed E-state index contributed by atoms with van der Waals surface area (Å²) in [5.74, 6) is 0.00608. The first kappa shape index (κ1) is 15.0. The number of sulfone groups is 1. The number of halogens is 1. The number of aryl methyl sites for hydroxylation is 1. The second kappa shape index (κ2) is 6.37. The molecule has 2 rings (SSSR count). The first-order chi connectivity index (χ1) is 9.47. The molecule has 2 aromatic rings. The lowest BCUT2D eigenvalue weighted by atomic mass is 10.2. The minimum absolute atomic E-state index is 0.00608. The molecule has 0 atom stereocenters. The maximum absolute atomic E-state index is 12.1. The molecule has 0 aromatic heterocycles. The van der Waals surface area contributed by atoms with Gasteiger partial charge in [0.05, 0.1) is 10.6 Å². The van der Waals surface area contributed by atoms with Gasteiger partial charge in [-0.05, 0) is 36.8 Å². The summed E-state index contributed by atoms with van der Waals surface area (Å²) in [5.41, 5.74) is 2.03. The Morgan fingerprint density at radius 3 is 2.20 bits per heavy atom. The molecule has 0 bridgehead atoms. The van der Waals surface area contributed by atoms with E-state index in [0.717, 1.165) is 15.6 Å². The molecule has 0 aliphatic heterocycles. The van der Waals surface area contributed by atoms with E-state index >= 15 is 0 Å². The highest BCUT2D eigenvalue weighted by Crippen LogP contribution is 2.14. The minimum atomic E-state index is -3.25. The molecule has 0 spiro atoms. The van der Waals surface area contributed by atoms with Crippen LogP contribution in [0, 0.1) is 6.92 Å². The summed E-state index contributed by atoms with van der Waals surface area (Å²) in [7, 11) is -3.25. The summed E-state index contributed by atoms with van der Waals surface area (Å²) >= 11 is 3.36. The number of hydrogen-bond acceptors (Lipinski definition) is 2. The lowest BCUT2D eigenvalue weighted by molar-refractivity contribution is 0.599. The molecule has 2 aromatic carbocycles. The van der Waals surface area contributed by atoms with Gasteiger partial charge in [-0.3, -0.25) is 0 Å². The third-order valence-corrected chi connectivity index (χ3v) is 5.03. The summed E-state index contributed by atoms with van der Waals surface area (Å²) in [4.78, 5) is 0.364. The molecule has 0 unspecified atom stereocenters. The van der Waals surface area contributed by atoms with E-state index in [4.69, 9.17) is 0 Å². The van der Waals surface area contributed by atoms with Crippen LogP contribution in [0.3, 0.4) is 0 Å². The predicted octanol–water partition coefficient (Wildman–Crippen LogP) is 4.24. The summed E-state index contributed by atoms with van der Waals surface area (Å²) in [5, 5.41) is 0. The third kappa shape index (κ3) is 4.05. The van der Waals surface area contributed by atoms with Crippen molar-refractivity contribution in [2.24, 2.45) is 0 Å². The van der Waals surface area contributed by atoms with Crippen molar-refractivity contribution in [3.8, 4) is 0 Å². The van der Waals surface area contributed by atoms with Crippen molar-refractivity contribution in [3.05, 3.63) is 70.2 Å². The van der Waals surface area contributed by atoms with Crippen molar-refractivity contribution < 1.29 is 8.42 Å². The van der Waals surface area contributed by atoms with E-state index in [1.165, 1.54) is 0 Å². The third-order valence-electron chi connectivity index (χ3n) is 2.88. The SMILES string of the molecule is Cc1ccc(S(=O)(=O)C/C=C/c2ccc(Br)cc2)cc1. The van der Waals surface area contributed by atoms with Crippen molar-refractivity contribution in [3.63, 3.8) is 0 Å². The van der Waals surface area contributed by atoms with Crippen molar-refractivity contribution in [2.45, 2.75) is 11.8 Å². The lowest BCUT2D eigenvalue weighted by Crippen LogP contribution is -2.04. The summed E-state index contributed by atoms with van der Waals surface area (Å²) in [6.45, 7) is 1.93. The molecule has 104 valence electrons. The normalized spacial score (nSPS) is 11.9. The first-order valence-corrected chi connectivity index (χ1v) is 8.63. The Balaban J connectivity index is 2.09. The van der Waals surface area contributed by atoms with E-state index in [2.05, 4.69) is 15.9 Å². The van der Waals surface area contributed by atoms with Gasteiger partial charge in [0.15, 0.2) is 9.84 Å². The molecular formula is C16H15BrO2S. The van der Waals surface area contributed by atoms with Gasteiger partial charge in [0.25, 0.3) is 0 Å². The molecule has 0 saturated heterocycles. The van der Waals surface area contributed by atoms with E-state index in [1.54, 1.807) is 18.2 Å². The molecule has 0 fully saturated rings. The zero-order chi connectivity index (χ0) is 14.6. The van der Waals surface area contributed by atoms with Crippen LogP contribution < -0.4 is 0 Å². The molecule has 0 aliphatic carbocycles. The number of hydrogen-bond donors (Lipinski definition) is 0. The van der Waals surface area contributed by atoms with E-state index in [-0.39, 0.29) is 5.75 Å². The lowest BCUT2D eigenvalue weighted by Gasteiger charge is -2.02. The fourth-order valence-electron chi connectivity index (χ4n) is 1.73. The van der Waals surface area contributed by atoms with Crippen LogP contribution in [-0.4, -0.2) is 14.2 Å². The topological polar surface area (TPSA) is 34.1 Å². The largest absolute Gasteiger partial charge is 0.223 e. The van der Waals surface area contributed by atoms with Crippen LogP contribution in [0.25, 0.3) is 6.08 Å². The van der Waals surface area contributed by atoms with Gasteiger partial charge in [0, 0.05) is 4.47 Å². The molecule has 2 nitrogen and oxygen atoms in total. The molecule has 0 radical (unpaired) electrons. The summed E-state index contributed by atoms with van der Waals surface area (Å²) in [6.07, 6.45) is 3.50. The smallest absolute Gasteiger partial charge is 0.181 e. The van der Waals surface area contributed by atoms with Crippen LogP contribution in [0.4, 0.5) is 0 Å². The van der Waals surface area contributed by atoms with Crippen molar-refractivity contribution in [2.75, 3.05) is 5.75 Å². The van der Waals surface area contributed by atoms with Crippen LogP contribution in [0.1, 0.15) is 11.1 Å². The van der Waals surface area contributed by atoms with Gasteiger partial charge < -0.3 is 0 Å². The molecule has 0 heterocycles. The Bertz CT molecular complexity index is 699. The minimum Gasteiger partial charge on any atom is -0.223 e. The van der Waals surface area contributed by atoms with Gasteiger partial charge in [-0.1, -0.05) is 57.9 Å². The molecular weight excluding hydrogens is 336 g/mol. The van der Waals surface area contributed by atoms with Gasteiger partial charge in [0.2, 0.25) is 0 Å². The summed E-state index contributed by atoms with van der Waals surface area (Å²) < 4.78 is 25.3. The van der Waals surface area contributed by atoms with Gasteiger partial charge in [-0.25, -0.2) is 8.42 Å². The van der Waals surface area contributed by atoms with Crippen molar-refractivity contribution >= 4 is 31.8 Å². The second-order valence-corrected chi connectivity index (χ2v) is 7.50.